The van der Waals surface area contributed by atoms with E-state index in [0.717, 1.165) is 18.2 Å². The van der Waals surface area contributed by atoms with E-state index in [0.29, 0.717) is 0 Å². The van der Waals surface area contributed by atoms with Crippen LogP contribution in [0.15, 0.2) is 34.7 Å². The number of carboxylic acids is 2. The zero-order valence-corrected chi connectivity index (χ0v) is 14.9. The van der Waals surface area contributed by atoms with Crippen molar-refractivity contribution in [2.24, 2.45) is 5.92 Å². The standard InChI is InChI=1S/C19H21F2NO5/c1-10(2)5-15(18(23)24)22-16(19(25)26)9-14-3-4-17(27-14)11-6-12(20)8-13(21)7-11/h3-4,6-8,10,15-16,22H,5,9H2,1-2H3,(H,23,24)(H,25,26)/t15?,16-/m0/s1. The lowest BCUT2D eigenvalue weighted by molar-refractivity contribution is -0.143. The molecule has 1 unspecified atom stereocenters. The second-order valence-corrected chi connectivity index (χ2v) is 6.71. The number of rotatable bonds is 9. The molecule has 0 radical (unpaired) electrons. The van der Waals surface area contributed by atoms with E-state index < -0.39 is 35.7 Å². The Morgan fingerprint density at radius 2 is 1.63 bits per heavy atom. The SMILES string of the molecule is CC(C)CC(N[C@@H](Cc1ccc(-c2cc(F)cc(F)c2)o1)C(=O)O)C(=O)O. The predicted molar refractivity (Wildman–Crippen MR) is 93.2 cm³/mol. The molecular formula is C19H21F2NO5. The first-order valence-corrected chi connectivity index (χ1v) is 8.42. The molecule has 0 aliphatic carbocycles. The topological polar surface area (TPSA) is 99.8 Å². The Kier molecular flexibility index (Phi) is 6.68. The molecule has 2 rings (SSSR count). The number of carboxylic acid groups (broad SMARTS) is 2. The molecule has 1 aromatic carbocycles. The highest BCUT2D eigenvalue weighted by Crippen LogP contribution is 2.25. The highest BCUT2D eigenvalue weighted by molar-refractivity contribution is 5.77. The van der Waals surface area contributed by atoms with Gasteiger partial charge < -0.3 is 14.6 Å². The van der Waals surface area contributed by atoms with Crippen molar-refractivity contribution in [2.45, 2.75) is 38.8 Å². The zero-order chi connectivity index (χ0) is 20.1. The summed E-state index contributed by atoms with van der Waals surface area (Å²) in [5, 5.41) is 21.3. The molecule has 27 heavy (non-hydrogen) atoms. The maximum absolute atomic E-state index is 13.3. The minimum Gasteiger partial charge on any atom is -0.480 e. The van der Waals surface area contributed by atoms with Gasteiger partial charge in [-0.25, -0.2) is 8.78 Å². The summed E-state index contributed by atoms with van der Waals surface area (Å²) >= 11 is 0. The van der Waals surface area contributed by atoms with E-state index >= 15 is 0 Å². The largest absolute Gasteiger partial charge is 0.480 e. The number of halogens is 2. The fraction of sp³-hybridized carbons (Fsp3) is 0.368. The molecule has 0 saturated heterocycles. The average molecular weight is 381 g/mol. The molecule has 0 spiro atoms. The van der Waals surface area contributed by atoms with Gasteiger partial charge in [0.05, 0.1) is 0 Å². The number of hydrogen-bond donors (Lipinski definition) is 3. The van der Waals surface area contributed by atoms with Gasteiger partial charge in [0, 0.05) is 18.1 Å². The third-order valence-corrected chi connectivity index (χ3v) is 3.92. The van der Waals surface area contributed by atoms with Gasteiger partial charge in [0.2, 0.25) is 0 Å². The van der Waals surface area contributed by atoms with Crippen LogP contribution in [0.25, 0.3) is 11.3 Å². The molecule has 0 aliphatic heterocycles. The van der Waals surface area contributed by atoms with E-state index in [9.17, 15) is 28.6 Å². The lowest BCUT2D eigenvalue weighted by Gasteiger charge is -2.21. The number of carbonyl (C=O) groups is 2. The summed E-state index contributed by atoms with van der Waals surface area (Å²) < 4.78 is 32.2. The van der Waals surface area contributed by atoms with Crippen LogP contribution in [0.3, 0.4) is 0 Å². The molecule has 0 aliphatic rings. The summed E-state index contributed by atoms with van der Waals surface area (Å²) in [5.41, 5.74) is 0.182. The molecule has 1 aromatic heterocycles. The average Bonchev–Trinajstić information content (AvgIpc) is 3.00. The molecule has 0 amide bonds. The van der Waals surface area contributed by atoms with E-state index in [1.165, 1.54) is 12.1 Å². The number of benzene rings is 1. The highest BCUT2D eigenvalue weighted by Gasteiger charge is 2.27. The van der Waals surface area contributed by atoms with Gasteiger partial charge >= 0.3 is 11.9 Å². The van der Waals surface area contributed by atoms with Crippen LogP contribution in [0.1, 0.15) is 26.0 Å². The van der Waals surface area contributed by atoms with Crippen molar-refractivity contribution >= 4 is 11.9 Å². The Morgan fingerprint density at radius 1 is 1.04 bits per heavy atom. The van der Waals surface area contributed by atoms with Gasteiger partial charge in [0.25, 0.3) is 0 Å². The first kappa shape index (κ1) is 20.6. The number of aliphatic carboxylic acids is 2. The predicted octanol–water partition coefficient (Wildman–Crippen LogP) is 3.31. The van der Waals surface area contributed by atoms with E-state index in [1.807, 2.05) is 13.8 Å². The molecule has 0 fully saturated rings. The van der Waals surface area contributed by atoms with E-state index in [-0.39, 0.29) is 35.8 Å². The van der Waals surface area contributed by atoms with Crippen LogP contribution < -0.4 is 5.32 Å². The van der Waals surface area contributed by atoms with Crippen molar-refractivity contribution in [3.63, 3.8) is 0 Å². The molecule has 0 bridgehead atoms. The van der Waals surface area contributed by atoms with Crippen LogP contribution in [-0.4, -0.2) is 34.2 Å². The van der Waals surface area contributed by atoms with Gasteiger partial charge in [-0.2, -0.15) is 0 Å². The summed E-state index contributed by atoms with van der Waals surface area (Å²) in [4.78, 5) is 22.9. The second kappa shape index (κ2) is 8.77. The first-order valence-electron chi connectivity index (χ1n) is 8.42. The lowest BCUT2D eigenvalue weighted by atomic mass is 10.0. The molecule has 3 N–H and O–H groups in total. The van der Waals surface area contributed by atoms with Crippen molar-refractivity contribution in [2.75, 3.05) is 0 Å². The smallest absolute Gasteiger partial charge is 0.321 e. The Labute approximate surface area is 154 Å². The van der Waals surface area contributed by atoms with Gasteiger partial charge in [-0.05, 0) is 36.6 Å². The summed E-state index contributed by atoms with van der Waals surface area (Å²) in [6.07, 6.45) is 0.153. The van der Waals surface area contributed by atoms with Crippen molar-refractivity contribution in [3.05, 3.63) is 47.7 Å². The van der Waals surface area contributed by atoms with Crippen molar-refractivity contribution in [3.8, 4) is 11.3 Å². The minimum atomic E-state index is -1.22. The van der Waals surface area contributed by atoms with Gasteiger partial charge in [-0.3, -0.25) is 14.9 Å². The Hall–Kier alpha value is -2.74. The van der Waals surface area contributed by atoms with E-state index in [4.69, 9.17) is 4.42 Å². The number of furan rings is 1. The van der Waals surface area contributed by atoms with Gasteiger partial charge in [-0.1, -0.05) is 13.8 Å². The van der Waals surface area contributed by atoms with Crippen molar-refractivity contribution < 1.29 is 33.0 Å². The quantitative estimate of drug-likeness (QED) is 0.616. The molecule has 2 aromatic rings. The van der Waals surface area contributed by atoms with Crippen molar-refractivity contribution in [1.29, 1.82) is 0 Å². The van der Waals surface area contributed by atoms with Crippen molar-refractivity contribution in [1.82, 2.24) is 5.32 Å². The lowest BCUT2D eigenvalue weighted by Crippen LogP contribution is -2.48. The monoisotopic (exact) mass is 381 g/mol. The first-order chi connectivity index (χ1) is 12.7. The molecule has 6 nitrogen and oxygen atoms in total. The fourth-order valence-electron chi connectivity index (χ4n) is 2.71. The van der Waals surface area contributed by atoms with E-state index in [1.54, 1.807) is 0 Å². The Balaban J connectivity index is 2.16. The third-order valence-electron chi connectivity index (χ3n) is 3.92. The van der Waals surface area contributed by atoms with Crippen LogP contribution in [0.2, 0.25) is 0 Å². The zero-order valence-electron chi connectivity index (χ0n) is 14.9. The summed E-state index contributed by atoms with van der Waals surface area (Å²) in [6.45, 7) is 3.68. The Morgan fingerprint density at radius 3 is 2.15 bits per heavy atom. The number of nitrogens with one attached hydrogen (secondary N) is 1. The Bertz CT molecular complexity index is 798. The van der Waals surface area contributed by atoms with Gasteiger partial charge in [0.1, 0.15) is 35.2 Å². The fourth-order valence-corrected chi connectivity index (χ4v) is 2.71. The maximum atomic E-state index is 13.3. The molecule has 1 heterocycles. The molecule has 146 valence electrons. The van der Waals surface area contributed by atoms with E-state index in [2.05, 4.69) is 5.32 Å². The van der Waals surface area contributed by atoms with Crippen LogP contribution >= 0.6 is 0 Å². The van der Waals surface area contributed by atoms with Gasteiger partial charge in [-0.15, -0.1) is 0 Å². The highest BCUT2D eigenvalue weighted by atomic mass is 19.1. The normalized spacial score (nSPS) is 13.5. The molecule has 0 saturated carbocycles. The van der Waals surface area contributed by atoms with Crippen LogP contribution in [-0.2, 0) is 16.0 Å². The maximum Gasteiger partial charge on any atom is 0.321 e. The van der Waals surface area contributed by atoms with Crippen LogP contribution in [0, 0.1) is 17.6 Å². The van der Waals surface area contributed by atoms with Crippen LogP contribution in [0.4, 0.5) is 8.78 Å². The summed E-state index contributed by atoms with van der Waals surface area (Å²) in [7, 11) is 0. The molecular weight excluding hydrogens is 360 g/mol. The van der Waals surface area contributed by atoms with Gasteiger partial charge in [0.15, 0.2) is 0 Å². The minimum absolute atomic E-state index is 0.0612. The third kappa shape index (κ3) is 5.89. The summed E-state index contributed by atoms with van der Waals surface area (Å²) in [5.74, 6) is -3.37. The number of hydrogen-bond acceptors (Lipinski definition) is 4. The van der Waals surface area contributed by atoms with Crippen LogP contribution in [0.5, 0.6) is 0 Å². The second-order valence-electron chi connectivity index (χ2n) is 6.71. The molecule has 8 heteroatoms. The molecule has 2 atom stereocenters. The summed E-state index contributed by atoms with van der Waals surface area (Å²) in [6, 6.07) is 3.70.